The van der Waals surface area contributed by atoms with Gasteiger partial charge < -0.3 is 0 Å². The van der Waals surface area contributed by atoms with Gasteiger partial charge in [-0.15, -0.1) is 23.4 Å². The molecule has 1 aromatic heterocycles. The Morgan fingerprint density at radius 1 is 1.47 bits per heavy atom. The minimum atomic E-state index is -0.382. The van der Waals surface area contributed by atoms with E-state index >= 15 is 0 Å². The normalized spacial score (nSPS) is 12.5. The monoisotopic (exact) mass is 296 g/mol. The highest BCUT2D eigenvalue weighted by atomic mass is 35.5. The van der Waals surface area contributed by atoms with E-state index in [1.165, 1.54) is 18.0 Å². The second-order valence-electron chi connectivity index (χ2n) is 4.32. The highest BCUT2D eigenvalue weighted by Crippen LogP contribution is 2.35. The number of alkyl halides is 1. The standard InChI is InChI=1S/C13H13ClN2O2S/c1-9(6-14)8-19-13-10-4-2-3-5-11(10)15-7-12(13)16(17)18/h2-5,7,9H,6,8H2,1H3. The Bertz CT molecular complexity index is 606. The van der Waals surface area contributed by atoms with Gasteiger partial charge in [-0.2, -0.15) is 0 Å². The molecule has 2 aromatic rings. The van der Waals surface area contributed by atoms with Crippen molar-refractivity contribution in [3.05, 3.63) is 40.6 Å². The van der Waals surface area contributed by atoms with Gasteiger partial charge in [-0.05, 0) is 12.0 Å². The molecule has 0 N–H and O–H groups in total. The van der Waals surface area contributed by atoms with E-state index < -0.39 is 0 Å². The van der Waals surface area contributed by atoms with Crippen molar-refractivity contribution in [1.29, 1.82) is 0 Å². The molecule has 0 amide bonds. The molecule has 1 unspecified atom stereocenters. The lowest BCUT2D eigenvalue weighted by Gasteiger charge is -2.09. The number of halogens is 1. The van der Waals surface area contributed by atoms with Gasteiger partial charge in [0.25, 0.3) is 0 Å². The fraction of sp³-hybridized carbons (Fsp3) is 0.308. The van der Waals surface area contributed by atoms with Gasteiger partial charge in [0.05, 0.1) is 15.3 Å². The average molecular weight is 297 g/mol. The van der Waals surface area contributed by atoms with Crippen molar-refractivity contribution < 1.29 is 4.92 Å². The van der Waals surface area contributed by atoms with Crippen molar-refractivity contribution >= 4 is 40.0 Å². The number of pyridine rings is 1. The molecule has 0 bridgehead atoms. The number of hydrogen-bond donors (Lipinski definition) is 0. The smallest absolute Gasteiger partial charge is 0.258 e. The zero-order chi connectivity index (χ0) is 13.8. The molecule has 4 nitrogen and oxygen atoms in total. The molecule has 0 aliphatic carbocycles. The molecule has 0 aliphatic rings. The first-order valence-corrected chi connectivity index (χ1v) is 7.36. The maximum absolute atomic E-state index is 11.1. The Hall–Kier alpha value is -1.33. The molecule has 6 heteroatoms. The summed E-state index contributed by atoms with van der Waals surface area (Å²) in [6.45, 7) is 2.02. The number of fused-ring (bicyclic) bond motifs is 1. The number of nitrogens with zero attached hydrogens (tertiary/aromatic N) is 2. The van der Waals surface area contributed by atoms with Gasteiger partial charge in [0.15, 0.2) is 0 Å². The molecule has 0 spiro atoms. The van der Waals surface area contributed by atoms with Crippen LogP contribution in [0.15, 0.2) is 35.4 Å². The molecule has 19 heavy (non-hydrogen) atoms. The predicted molar refractivity (Wildman–Crippen MR) is 79.0 cm³/mol. The van der Waals surface area contributed by atoms with Crippen molar-refractivity contribution in [1.82, 2.24) is 4.98 Å². The van der Waals surface area contributed by atoms with Crippen LogP contribution in [0.5, 0.6) is 0 Å². The average Bonchev–Trinajstić information content (AvgIpc) is 2.43. The van der Waals surface area contributed by atoms with Gasteiger partial charge in [-0.25, -0.2) is 4.98 Å². The first-order valence-electron chi connectivity index (χ1n) is 5.84. The van der Waals surface area contributed by atoms with Gasteiger partial charge >= 0.3 is 5.69 Å². The first kappa shape index (κ1) is 14.1. The number of nitro groups is 1. The molecule has 1 heterocycles. The summed E-state index contributed by atoms with van der Waals surface area (Å²) in [6.07, 6.45) is 1.33. The zero-order valence-electron chi connectivity index (χ0n) is 10.4. The van der Waals surface area contributed by atoms with E-state index in [1.54, 1.807) is 0 Å². The van der Waals surface area contributed by atoms with Crippen molar-refractivity contribution in [2.45, 2.75) is 11.8 Å². The molecule has 0 aliphatic heterocycles. The summed E-state index contributed by atoms with van der Waals surface area (Å²) in [5.41, 5.74) is 0.833. The van der Waals surface area contributed by atoms with Crippen LogP contribution in [-0.4, -0.2) is 21.5 Å². The van der Waals surface area contributed by atoms with E-state index in [4.69, 9.17) is 11.6 Å². The maximum Gasteiger partial charge on any atom is 0.301 e. The molecule has 1 atom stereocenters. The number of aromatic nitrogens is 1. The Labute approximate surface area is 120 Å². The second-order valence-corrected chi connectivity index (χ2v) is 5.66. The van der Waals surface area contributed by atoms with Crippen LogP contribution < -0.4 is 0 Å². The van der Waals surface area contributed by atoms with Crippen LogP contribution in [-0.2, 0) is 0 Å². The summed E-state index contributed by atoms with van der Waals surface area (Å²) in [7, 11) is 0. The SMILES string of the molecule is CC(CCl)CSc1c([N+](=O)[O-])cnc2ccccc12. The fourth-order valence-electron chi connectivity index (χ4n) is 1.66. The highest BCUT2D eigenvalue weighted by molar-refractivity contribution is 7.99. The minimum absolute atomic E-state index is 0.0606. The van der Waals surface area contributed by atoms with Crippen LogP contribution in [0.3, 0.4) is 0 Å². The largest absolute Gasteiger partial charge is 0.301 e. The maximum atomic E-state index is 11.1. The highest BCUT2D eigenvalue weighted by Gasteiger charge is 2.18. The van der Waals surface area contributed by atoms with Gasteiger partial charge in [-0.3, -0.25) is 10.1 Å². The summed E-state index contributed by atoms with van der Waals surface area (Å²) in [4.78, 5) is 15.5. The Balaban J connectivity index is 2.46. The lowest BCUT2D eigenvalue weighted by atomic mass is 10.2. The number of benzene rings is 1. The molecule has 2 rings (SSSR count). The second kappa shape index (κ2) is 6.21. The van der Waals surface area contributed by atoms with E-state index in [1.807, 2.05) is 31.2 Å². The Morgan fingerprint density at radius 2 is 2.21 bits per heavy atom. The Morgan fingerprint density at radius 3 is 2.89 bits per heavy atom. The van der Waals surface area contributed by atoms with Gasteiger partial charge in [-0.1, -0.05) is 25.1 Å². The summed E-state index contributed by atoms with van der Waals surface area (Å²) < 4.78 is 0. The van der Waals surface area contributed by atoms with Crippen LogP contribution >= 0.6 is 23.4 Å². The van der Waals surface area contributed by atoms with E-state index in [0.29, 0.717) is 16.7 Å². The molecular weight excluding hydrogens is 284 g/mol. The van der Waals surface area contributed by atoms with Crippen LogP contribution in [0.25, 0.3) is 10.9 Å². The summed E-state index contributed by atoms with van der Waals surface area (Å²) in [5.74, 6) is 1.60. The fourth-order valence-corrected chi connectivity index (χ4v) is 3.07. The third-order valence-corrected chi connectivity index (χ3v) is 4.66. The molecule has 0 fully saturated rings. The minimum Gasteiger partial charge on any atom is -0.258 e. The lowest BCUT2D eigenvalue weighted by molar-refractivity contribution is -0.387. The van der Waals surface area contributed by atoms with Crippen LogP contribution in [0.1, 0.15) is 6.92 Å². The number of thioether (sulfide) groups is 1. The predicted octanol–water partition coefficient (Wildman–Crippen LogP) is 4.11. The first-order chi connectivity index (χ1) is 9.13. The van der Waals surface area contributed by atoms with Crippen molar-refractivity contribution in [3.8, 4) is 0 Å². The molecule has 0 saturated carbocycles. The van der Waals surface area contributed by atoms with Crippen LogP contribution in [0.4, 0.5) is 5.69 Å². The van der Waals surface area contributed by atoms with E-state index in [2.05, 4.69) is 4.98 Å². The summed E-state index contributed by atoms with van der Waals surface area (Å²) in [5, 5.41) is 11.9. The topological polar surface area (TPSA) is 56.0 Å². The van der Waals surface area contributed by atoms with Crippen molar-refractivity contribution in [2.75, 3.05) is 11.6 Å². The lowest BCUT2D eigenvalue weighted by Crippen LogP contribution is -2.01. The third-order valence-electron chi connectivity index (χ3n) is 2.68. The third kappa shape index (κ3) is 3.16. The zero-order valence-corrected chi connectivity index (χ0v) is 11.9. The molecular formula is C13H13ClN2O2S. The van der Waals surface area contributed by atoms with Crippen LogP contribution in [0.2, 0.25) is 0 Å². The van der Waals surface area contributed by atoms with E-state index in [9.17, 15) is 10.1 Å². The molecule has 100 valence electrons. The van der Waals surface area contributed by atoms with E-state index in [0.717, 1.165) is 16.7 Å². The quantitative estimate of drug-likeness (QED) is 0.360. The number of para-hydroxylation sites is 1. The summed E-state index contributed by atoms with van der Waals surface area (Å²) >= 11 is 7.25. The van der Waals surface area contributed by atoms with Crippen molar-refractivity contribution in [2.24, 2.45) is 5.92 Å². The van der Waals surface area contributed by atoms with Crippen LogP contribution in [0, 0.1) is 16.0 Å². The van der Waals surface area contributed by atoms with Gasteiger partial charge in [0, 0.05) is 17.0 Å². The number of hydrogen-bond acceptors (Lipinski definition) is 4. The Kier molecular flexibility index (Phi) is 4.61. The summed E-state index contributed by atoms with van der Waals surface area (Å²) in [6, 6.07) is 7.46. The molecule has 0 radical (unpaired) electrons. The van der Waals surface area contributed by atoms with Gasteiger partial charge in [0.1, 0.15) is 6.20 Å². The molecule has 1 aromatic carbocycles. The van der Waals surface area contributed by atoms with Crippen molar-refractivity contribution in [3.63, 3.8) is 0 Å². The number of rotatable bonds is 5. The van der Waals surface area contributed by atoms with E-state index in [-0.39, 0.29) is 10.6 Å². The van der Waals surface area contributed by atoms with Gasteiger partial charge in [0.2, 0.25) is 0 Å². The molecule has 0 saturated heterocycles.